The maximum atomic E-state index is 10.8. The second-order valence-corrected chi connectivity index (χ2v) is 4.06. The van der Waals surface area contributed by atoms with Gasteiger partial charge in [0.2, 0.25) is 0 Å². The number of ether oxygens (including phenoxy) is 1. The smallest absolute Gasteiger partial charge is 0.346 e. The molecule has 0 saturated heterocycles. The number of hydrogen-bond donors (Lipinski definition) is 0. The summed E-state index contributed by atoms with van der Waals surface area (Å²) in [6, 6.07) is 17.0. The Hall–Kier alpha value is -2.42. The highest BCUT2D eigenvalue weighted by molar-refractivity contribution is 6.14. The Morgan fingerprint density at radius 3 is 1.68 bits per heavy atom. The lowest BCUT2D eigenvalue weighted by atomic mass is 10.1. The second-order valence-electron chi connectivity index (χ2n) is 4.06. The van der Waals surface area contributed by atoms with E-state index in [0.29, 0.717) is 11.1 Å². The van der Waals surface area contributed by atoms with Crippen molar-refractivity contribution in [3.8, 4) is 0 Å². The lowest BCUT2D eigenvalue weighted by Crippen LogP contribution is -1.96. The molecular weight excluding hydrogens is 240 g/mol. The van der Waals surface area contributed by atoms with Crippen LogP contribution in [0.15, 0.2) is 54.6 Å². The quantitative estimate of drug-likeness (QED) is 0.579. The van der Waals surface area contributed by atoms with Gasteiger partial charge in [0.25, 0.3) is 0 Å². The number of carbonyl (C=O) groups is 2. The number of benzene rings is 2. The molecular formula is C16H14O3. The van der Waals surface area contributed by atoms with Gasteiger partial charge in [-0.25, -0.2) is 9.59 Å². The van der Waals surface area contributed by atoms with Crippen molar-refractivity contribution in [2.45, 2.75) is 13.3 Å². The summed E-state index contributed by atoms with van der Waals surface area (Å²) in [6.45, 7) is 2.16. The maximum Gasteiger partial charge on any atom is 0.346 e. The minimum absolute atomic E-state index is 0.359. The summed E-state index contributed by atoms with van der Waals surface area (Å²) in [5.41, 5.74) is 2.13. The van der Waals surface area contributed by atoms with Gasteiger partial charge in [-0.1, -0.05) is 49.4 Å². The Bertz CT molecular complexity index is 555. The highest BCUT2D eigenvalue weighted by atomic mass is 16.6. The molecule has 0 spiro atoms. The molecule has 2 aromatic rings. The first kappa shape index (κ1) is 13.0. The molecule has 0 aliphatic carbocycles. The van der Waals surface area contributed by atoms with Crippen LogP contribution in [0, 0.1) is 0 Å². The number of fused-ring (bicyclic) bond motifs is 1. The van der Waals surface area contributed by atoms with Crippen molar-refractivity contribution in [3.05, 3.63) is 71.3 Å². The van der Waals surface area contributed by atoms with Crippen LogP contribution in [0.2, 0.25) is 0 Å². The number of cyclic esters (lactones) is 2. The Balaban J connectivity index is 0.000000148. The molecule has 0 saturated carbocycles. The van der Waals surface area contributed by atoms with Crippen LogP contribution in [-0.4, -0.2) is 11.9 Å². The van der Waals surface area contributed by atoms with Crippen LogP contribution in [0.3, 0.4) is 0 Å². The predicted molar refractivity (Wildman–Crippen MR) is 72.0 cm³/mol. The number of aryl methyl sites for hydroxylation is 1. The topological polar surface area (TPSA) is 43.4 Å². The van der Waals surface area contributed by atoms with Gasteiger partial charge < -0.3 is 4.74 Å². The lowest BCUT2D eigenvalue weighted by molar-refractivity contribution is 0.0444. The van der Waals surface area contributed by atoms with Crippen LogP contribution in [0.25, 0.3) is 0 Å². The molecule has 0 bridgehead atoms. The Morgan fingerprint density at radius 1 is 0.789 bits per heavy atom. The molecule has 2 aromatic carbocycles. The lowest BCUT2D eigenvalue weighted by Gasteiger charge is -1.89. The highest BCUT2D eigenvalue weighted by Crippen LogP contribution is 2.18. The van der Waals surface area contributed by atoms with Crippen LogP contribution < -0.4 is 0 Å². The molecule has 1 heterocycles. The van der Waals surface area contributed by atoms with Crippen molar-refractivity contribution in [2.75, 3.05) is 0 Å². The average molecular weight is 254 g/mol. The predicted octanol–water partition coefficient (Wildman–Crippen LogP) is 3.25. The van der Waals surface area contributed by atoms with Crippen LogP contribution in [0.1, 0.15) is 33.2 Å². The van der Waals surface area contributed by atoms with Gasteiger partial charge in [0.05, 0.1) is 11.1 Å². The minimum Gasteiger partial charge on any atom is -0.386 e. The van der Waals surface area contributed by atoms with Gasteiger partial charge in [-0.3, -0.25) is 0 Å². The van der Waals surface area contributed by atoms with Gasteiger partial charge in [0.15, 0.2) is 0 Å². The summed E-state index contributed by atoms with van der Waals surface area (Å²) in [5.74, 6) is -1.10. The van der Waals surface area contributed by atoms with E-state index in [1.807, 2.05) is 6.07 Å². The van der Waals surface area contributed by atoms with Crippen molar-refractivity contribution < 1.29 is 14.3 Å². The molecule has 3 nitrogen and oxygen atoms in total. The third kappa shape index (κ3) is 3.07. The molecule has 1 aliphatic heterocycles. The van der Waals surface area contributed by atoms with E-state index >= 15 is 0 Å². The number of rotatable bonds is 1. The fraction of sp³-hybridized carbons (Fsp3) is 0.125. The van der Waals surface area contributed by atoms with Gasteiger partial charge in [0.1, 0.15) is 0 Å². The Kier molecular flexibility index (Phi) is 4.08. The van der Waals surface area contributed by atoms with Crippen LogP contribution in [0.5, 0.6) is 0 Å². The van der Waals surface area contributed by atoms with Crippen molar-refractivity contribution >= 4 is 11.9 Å². The molecule has 0 atom stereocenters. The van der Waals surface area contributed by atoms with Crippen molar-refractivity contribution in [1.82, 2.24) is 0 Å². The summed E-state index contributed by atoms with van der Waals surface area (Å²) in [6.07, 6.45) is 1.14. The minimum atomic E-state index is -0.550. The Labute approximate surface area is 111 Å². The molecule has 3 heteroatoms. The monoisotopic (exact) mass is 254 g/mol. The zero-order valence-electron chi connectivity index (χ0n) is 10.6. The van der Waals surface area contributed by atoms with Crippen molar-refractivity contribution in [3.63, 3.8) is 0 Å². The van der Waals surface area contributed by atoms with E-state index in [4.69, 9.17) is 0 Å². The normalized spacial score (nSPS) is 12.3. The summed E-state index contributed by atoms with van der Waals surface area (Å²) in [4.78, 5) is 21.7. The number of esters is 2. The van der Waals surface area contributed by atoms with Gasteiger partial charge in [0, 0.05) is 0 Å². The fourth-order valence-electron chi connectivity index (χ4n) is 1.75. The van der Waals surface area contributed by atoms with Crippen LogP contribution in [0.4, 0.5) is 0 Å². The molecule has 1 aliphatic rings. The highest BCUT2D eigenvalue weighted by Gasteiger charge is 2.28. The first-order valence-corrected chi connectivity index (χ1v) is 6.12. The molecule has 0 radical (unpaired) electrons. The molecule has 0 fully saturated rings. The van der Waals surface area contributed by atoms with Crippen molar-refractivity contribution in [2.24, 2.45) is 0 Å². The van der Waals surface area contributed by atoms with E-state index in [0.717, 1.165) is 6.42 Å². The zero-order valence-corrected chi connectivity index (χ0v) is 10.6. The van der Waals surface area contributed by atoms with E-state index in [9.17, 15) is 9.59 Å². The summed E-state index contributed by atoms with van der Waals surface area (Å²) in [7, 11) is 0. The third-order valence-corrected chi connectivity index (χ3v) is 2.80. The van der Waals surface area contributed by atoms with Gasteiger partial charge in [-0.05, 0) is 24.1 Å². The number of carbonyl (C=O) groups excluding carboxylic acids is 2. The standard InChI is InChI=1S/C8H4O3.C8H10/c9-7-5-3-1-2-4-6(5)8(10)11-7;1-2-8-6-4-3-5-7-8/h1-4H;3-7H,2H2,1H3. The molecule has 96 valence electrons. The SMILES string of the molecule is CCc1ccccc1.O=C1OC(=O)c2ccccc21. The largest absolute Gasteiger partial charge is 0.386 e. The summed E-state index contributed by atoms with van der Waals surface area (Å²) < 4.78 is 4.35. The molecule has 0 unspecified atom stereocenters. The van der Waals surface area contributed by atoms with Crippen molar-refractivity contribution in [1.29, 1.82) is 0 Å². The molecule has 0 aromatic heterocycles. The van der Waals surface area contributed by atoms with E-state index in [1.54, 1.807) is 24.3 Å². The van der Waals surface area contributed by atoms with Gasteiger partial charge >= 0.3 is 11.9 Å². The van der Waals surface area contributed by atoms with E-state index in [1.165, 1.54) is 5.56 Å². The van der Waals surface area contributed by atoms with E-state index in [2.05, 4.69) is 35.9 Å². The maximum absolute atomic E-state index is 10.8. The van der Waals surface area contributed by atoms with E-state index < -0.39 is 11.9 Å². The molecule has 19 heavy (non-hydrogen) atoms. The number of hydrogen-bond acceptors (Lipinski definition) is 3. The third-order valence-electron chi connectivity index (χ3n) is 2.80. The van der Waals surface area contributed by atoms with Crippen LogP contribution >= 0.6 is 0 Å². The summed E-state index contributed by atoms with van der Waals surface area (Å²) in [5, 5.41) is 0. The molecule has 3 rings (SSSR count). The first-order chi connectivity index (χ1) is 9.22. The van der Waals surface area contributed by atoms with Gasteiger partial charge in [-0.2, -0.15) is 0 Å². The Morgan fingerprint density at radius 2 is 1.26 bits per heavy atom. The van der Waals surface area contributed by atoms with E-state index in [-0.39, 0.29) is 0 Å². The zero-order chi connectivity index (χ0) is 13.7. The fourth-order valence-corrected chi connectivity index (χ4v) is 1.75. The van der Waals surface area contributed by atoms with Crippen LogP contribution in [-0.2, 0) is 11.2 Å². The molecule has 0 amide bonds. The molecule has 0 N–H and O–H groups in total. The average Bonchev–Trinajstić information content (AvgIpc) is 2.76. The van der Waals surface area contributed by atoms with Gasteiger partial charge in [-0.15, -0.1) is 0 Å². The first-order valence-electron chi connectivity index (χ1n) is 6.12. The second kappa shape index (κ2) is 5.96. The summed E-state index contributed by atoms with van der Waals surface area (Å²) >= 11 is 0.